The lowest BCUT2D eigenvalue weighted by atomic mass is 10.2. The molecule has 0 fully saturated rings. The van der Waals surface area contributed by atoms with Crippen molar-refractivity contribution in [1.82, 2.24) is 0 Å². The van der Waals surface area contributed by atoms with Crippen LogP contribution in [0.3, 0.4) is 0 Å². The molecule has 0 amide bonds. The van der Waals surface area contributed by atoms with Crippen LogP contribution >= 0.6 is 0 Å². The van der Waals surface area contributed by atoms with Crippen molar-refractivity contribution >= 4 is 5.97 Å². The van der Waals surface area contributed by atoms with Crippen LogP contribution < -0.4 is 4.74 Å². The van der Waals surface area contributed by atoms with E-state index in [1.807, 2.05) is 0 Å². The highest BCUT2D eigenvalue weighted by atomic mass is 19.4. The minimum Gasteiger partial charge on any atom is -0.479 e. The molecule has 4 nitrogen and oxygen atoms in total. The zero-order valence-corrected chi connectivity index (χ0v) is 9.40. The molecule has 0 heterocycles. The van der Waals surface area contributed by atoms with Crippen molar-refractivity contribution in [3.05, 3.63) is 29.8 Å². The third-order valence-corrected chi connectivity index (χ3v) is 2.00. The Bertz CT molecular complexity index is 400. The van der Waals surface area contributed by atoms with Gasteiger partial charge in [-0.2, -0.15) is 0 Å². The number of carboxylic acid groups (broad SMARTS) is 1. The molecule has 1 aromatic rings. The van der Waals surface area contributed by atoms with Crippen molar-refractivity contribution in [2.45, 2.75) is 26.0 Å². The fourth-order valence-corrected chi connectivity index (χ4v) is 1.08. The number of alkyl halides is 3. The van der Waals surface area contributed by atoms with E-state index in [1.165, 1.54) is 19.1 Å². The number of carboxylic acids is 1. The Labute approximate surface area is 101 Å². The second-order valence-electron chi connectivity index (χ2n) is 3.48. The van der Waals surface area contributed by atoms with Crippen molar-refractivity contribution in [2.75, 3.05) is 0 Å². The minimum atomic E-state index is -4.73. The molecule has 1 rings (SSSR count). The largest absolute Gasteiger partial charge is 0.573 e. The van der Waals surface area contributed by atoms with E-state index in [0.717, 1.165) is 12.1 Å². The Morgan fingerprint density at radius 2 is 1.89 bits per heavy atom. The number of rotatable bonds is 5. The van der Waals surface area contributed by atoms with Crippen LogP contribution in [0.5, 0.6) is 5.75 Å². The molecule has 1 atom stereocenters. The van der Waals surface area contributed by atoms with Gasteiger partial charge in [0.2, 0.25) is 0 Å². The van der Waals surface area contributed by atoms with Gasteiger partial charge in [-0.15, -0.1) is 13.2 Å². The van der Waals surface area contributed by atoms with Gasteiger partial charge in [-0.05, 0) is 24.6 Å². The van der Waals surface area contributed by atoms with Gasteiger partial charge in [0.25, 0.3) is 0 Å². The summed E-state index contributed by atoms with van der Waals surface area (Å²) in [5.41, 5.74) is 0.553. The Hall–Kier alpha value is -1.76. The first-order valence-electron chi connectivity index (χ1n) is 4.97. The van der Waals surface area contributed by atoms with Crippen LogP contribution in [0.15, 0.2) is 24.3 Å². The molecule has 0 aliphatic rings. The van der Waals surface area contributed by atoms with E-state index in [-0.39, 0.29) is 12.4 Å². The maximum Gasteiger partial charge on any atom is 0.573 e. The first-order valence-corrected chi connectivity index (χ1v) is 4.97. The molecule has 0 saturated heterocycles. The molecule has 0 unspecified atom stereocenters. The van der Waals surface area contributed by atoms with E-state index < -0.39 is 18.4 Å². The summed E-state index contributed by atoms with van der Waals surface area (Å²) in [7, 11) is 0. The summed E-state index contributed by atoms with van der Waals surface area (Å²) in [5, 5.41) is 8.56. The predicted molar refractivity (Wildman–Crippen MR) is 55.0 cm³/mol. The van der Waals surface area contributed by atoms with Gasteiger partial charge >= 0.3 is 12.3 Å². The molecule has 0 radical (unpaired) electrons. The van der Waals surface area contributed by atoms with Gasteiger partial charge in [0.1, 0.15) is 5.75 Å². The fraction of sp³-hybridized carbons (Fsp3) is 0.364. The van der Waals surface area contributed by atoms with Gasteiger partial charge in [0, 0.05) is 0 Å². The molecule has 0 aliphatic heterocycles. The van der Waals surface area contributed by atoms with E-state index in [4.69, 9.17) is 9.84 Å². The fourth-order valence-electron chi connectivity index (χ4n) is 1.08. The SMILES string of the molecule is C[C@H](OCc1ccc(OC(F)(F)F)cc1)C(=O)O. The van der Waals surface area contributed by atoms with Crippen molar-refractivity contribution < 1.29 is 32.5 Å². The zero-order chi connectivity index (χ0) is 13.8. The van der Waals surface area contributed by atoms with Crippen LogP contribution in [0.1, 0.15) is 12.5 Å². The van der Waals surface area contributed by atoms with Crippen molar-refractivity contribution in [2.24, 2.45) is 0 Å². The monoisotopic (exact) mass is 264 g/mol. The zero-order valence-electron chi connectivity index (χ0n) is 9.40. The van der Waals surface area contributed by atoms with Crippen LogP contribution in [-0.2, 0) is 16.1 Å². The quantitative estimate of drug-likeness (QED) is 0.888. The number of ether oxygens (including phenoxy) is 2. The average molecular weight is 264 g/mol. The van der Waals surface area contributed by atoms with Gasteiger partial charge in [-0.1, -0.05) is 12.1 Å². The summed E-state index contributed by atoms with van der Waals surface area (Å²) in [5.74, 6) is -1.44. The molecule has 7 heteroatoms. The highest BCUT2D eigenvalue weighted by Gasteiger charge is 2.30. The summed E-state index contributed by atoms with van der Waals surface area (Å²) < 4.78 is 44.3. The second kappa shape index (κ2) is 5.72. The summed E-state index contributed by atoms with van der Waals surface area (Å²) in [6, 6.07) is 5.01. The molecule has 100 valence electrons. The molecular weight excluding hydrogens is 253 g/mol. The summed E-state index contributed by atoms with van der Waals surface area (Å²) in [6.07, 6.45) is -5.70. The highest BCUT2D eigenvalue weighted by molar-refractivity contribution is 5.71. The molecule has 0 spiro atoms. The molecule has 0 aliphatic carbocycles. The summed E-state index contributed by atoms with van der Waals surface area (Å²) in [6.45, 7) is 1.36. The van der Waals surface area contributed by atoms with Crippen molar-refractivity contribution in [3.63, 3.8) is 0 Å². The predicted octanol–water partition coefficient (Wildman–Crippen LogP) is 2.57. The molecular formula is C11H11F3O4. The Kier molecular flexibility index (Phi) is 4.55. The lowest BCUT2D eigenvalue weighted by Gasteiger charge is -2.10. The standard InChI is InChI=1S/C11H11F3O4/c1-7(10(15)16)17-6-8-2-4-9(5-3-8)18-11(12,13)14/h2-5,7H,6H2,1H3,(H,15,16)/t7-/m0/s1. The molecule has 0 saturated carbocycles. The molecule has 1 N–H and O–H groups in total. The molecule has 18 heavy (non-hydrogen) atoms. The lowest BCUT2D eigenvalue weighted by Crippen LogP contribution is -2.19. The maximum atomic E-state index is 11.9. The third-order valence-electron chi connectivity index (χ3n) is 2.00. The minimum absolute atomic E-state index is 0.000234. The van der Waals surface area contributed by atoms with Crippen molar-refractivity contribution in [3.8, 4) is 5.75 Å². The average Bonchev–Trinajstić information content (AvgIpc) is 2.25. The maximum absolute atomic E-state index is 11.9. The Balaban J connectivity index is 2.53. The first-order chi connectivity index (χ1) is 8.28. The summed E-state index contributed by atoms with van der Waals surface area (Å²) in [4.78, 5) is 10.5. The van der Waals surface area contributed by atoms with E-state index in [0.29, 0.717) is 5.56 Å². The van der Waals surface area contributed by atoms with Crippen LogP contribution in [-0.4, -0.2) is 23.5 Å². The molecule has 0 bridgehead atoms. The topological polar surface area (TPSA) is 55.8 Å². The Morgan fingerprint density at radius 1 is 1.33 bits per heavy atom. The number of hydrogen-bond acceptors (Lipinski definition) is 3. The van der Waals surface area contributed by atoms with E-state index in [1.54, 1.807) is 0 Å². The van der Waals surface area contributed by atoms with Gasteiger partial charge in [-0.25, -0.2) is 4.79 Å². The van der Waals surface area contributed by atoms with Crippen LogP contribution in [0.4, 0.5) is 13.2 Å². The van der Waals surface area contributed by atoms with Crippen LogP contribution in [0, 0.1) is 0 Å². The highest BCUT2D eigenvalue weighted by Crippen LogP contribution is 2.22. The molecule has 0 aromatic heterocycles. The number of carbonyl (C=O) groups is 1. The van der Waals surface area contributed by atoms with Gasteiger partial charge in [0.05, 0.1) is 6.61 Å². The lowest BCUT2D eigenvalue weighted by molar-refractivity contribution is -0.274. The second-order valence-corrected chi connectivity index (χ2v) is 3.48. The normalized spacial score (nSPS) is 13.1. The van der Waals surface area contributed by atoms with Gasteiger partial charge < -0.3 is 14.6 Å². The number of hydrogen-bond donors (Lipinski definition) is 1. The van der Waals surface area contributed by atoms with Crippen LogP contribution in [0.2, 0.25) is 0 Å². The smallest absolute Gasteiger partial charge is 0.479 e. The van der Waals surface area contributed by atoms with E-state index in [2.05, 4.69) is 4.74 Å². The Morgan fingerprint density at radius 3 is 2.33 bits per heavy atom. The summed E-state index contributed by atoms with van der Waals surface area (Å²) >= 11 is 0. The van der Waals surface area contributed by atoms with Gasteiger partial charge in [0.15, 0.2) is 6.10 Å². The van der Waals surface area contributed by atoms with E-state index >= 15 is 0 Å². The van der Waals surface area contributed by atoms with Crippen LogP contribution in [0.25, 0.3) is 0 Å². The van der Waals surface area contributed by atoms with E-state index in [9.17, 15) is 18.0 Å². The molecule has 1 aromatic carbocycles. The number of aliphatic carboxylic acids is 1. The first kappa shape index (κ1) is 14.3. The van der Waals surface area contributed by atoms with Gasteiger partial charge in [-0.3, -0.25) is 0 Å². The van der Waals surface area contributed by atoms with Crippen molar-refractivity contribution in [1.29, 1.82) is 0 Å². The third kappa shape index (κ3) is 5.05. The number of halogens is 3. The number of benzene rings is 1.